The predicted octanol–water partition coefficient (Wildman–Crippen LogP) is 7.71. The lowest BCUT2D eigenvalue weighted by Gasteiger charge is -2.18. The van der Waals surface area contributed by atoms with Crippen molar-refractivity contribution in [2.75, 3.05) is 5.32 Å². The molecule has 1 aliphatic rings. The van der Waals surface area contributed by atoms with E-state index in [0.717, 1.165) is 45.1 Å². The summed E-state index contributed by atoms with van der Waals surface area (Å²) in [6, 6.07) is 13.0. The second kappa shape index (κ2) is 7.97. The normalized spacial score (nSPS) is 15.9. The van der Waals surface area contributed by atoms with Crippen LogP contribution >= 0.6 is 45.9 Å². The summed E-state index contributed by atoms with van der Waals surface area (Å²) in [6.07, 6.45) is 3.20. The number of thiazole rings is 1. The van der Waals surface area contributed by atoms with Crippen molar-refractivity contribution >= 4 is 67.0 Å². The number of nitrogens with zero attached hydrogens (tertiary/aromatic N) is 1. The van der Waals surface area contributed by atoms with Crippen molar-refractivity contribution in [2.24, 2.45) is 5.92 Å². The highest BCUT2D eigenvalue weighted by molar-refractivity contribution is 7.23. The van der Waals surface area contributed by atoms with Crippen LogP contribution in [-0.2, 0) is 12.8 Å². The van der Waals surface area contributed by atoms with Gasteiger partial charge in [0, 0.05) is 26.0 Å². The Morgan fingerprint density at radius 3 is 2.67 bits per heavy atom. The van der Waals surface area contributed by atoms with Gasteiger partial charge in [-0.15, -0.1) is 22.7 Å². The quantitative estimate of drug-likeness (QED) is 0.331. The first-order valence-electron chi connectivity index (χ1n) is 9.76. The number of halogens is 2. The van der Waals surface area contributed by atoms with Gasteiger partial charge in [0.15, 0.2) is 0 Å². The number of hydrogen-bond acceptors (Lipinski definition) is 4. The lowest BCUT2D eigenvalue weighted by atomic mass is 9.88. The third-order valence-corrected chi connectivity index (χ3v) is 8.03. The van der Waals surface area contributed by atoms with Crippen LogP contribution in [0.2, 0.25) is 10.0 Å². The van der Waals surface area contributed by atoms with Crippen LogP contribution in [0.25, 0.3) is 20.8 Å². The van der Waals surface area contributed by atoms with E-state index in [4.69, 9.17) is 28.2 Å². The number of carbonyl (C=O) groups is 1. The van der Waals surface area contributed by atoms with E-state index in [2.05, 4.69) is 18.3 Å². The lowest BCUT2D eigenvalue weighted by molar-refractivity contribution is 0.102. The summed E-state index contributed by atoms with van der Waals surface area (Å²) in [5.74, 6) is 0.433. The highest BCUT2D eigenvalue weighted by Crippen LogP contribution is 2.47. The lowest BCUT2D eigenvalue weighted by Crippen LogP contribution is -2.12. The van der Waals surface area contributed by atoms with Gasteiger partial charge in [-0.3, -0.25) is 4.79 Å². The standard InChI is InChI=1S/C23H18Cl2N2OS2/c1-12-6-7-16-19(8-12)30-23(27-21(28)13-9-14(24)11-15(25)10-13)20(16)22-26-17-4-2-3-5-18(17)29-22/h2-5,9-12H,6-8H2,1H3,(H,27,28). The molecule has 0 saturated carbocycles. The van der Waals surface area contributed by atoms with Crippen molar-refractivity contribution < 1.29 is 4.79 Å². The third-order valence-electron chi connectivity index (χ3n) is 5.37. The maximum atomic E-state index is 13.0. The number of aromatic nitrogens is 1. The van der Waals surface area contributed by atoms with Crippen LogP contribution in [0.3, 0.4) is 0 Å². The van der Waals surface area contributed by atoms with Crippen LogP contribution in [0.1, 0.15) is 34.1 Å². The van der Waals surface area contributed by atoms with Crippen molar-refractivity contribution in [3.05, 3.63) is 68.5 Å². The second-order valence-electron chi connectivity index (χ2n) is 7.65. The first-order valence-corrected chi connectivity index (χ1v) is 12.1. The average molecular weight is 473 g/mol. The van der Waals surface area contributed by atoms with Gasteiger partial charge in [-0.25, -0.2) is 4.98 Å². The Morgan fingerprint density at radius 1 is 1.13 bits per heavy atom. The Labute approximate surface area is 192 Å². The van der Waals surface area contributed by atoms with Crippen LogP contribution in [0.5, 0.6) is 0 Å². The number of thiophene rings is 1. The number of benzene rings is 2. The zero-order valence-electron chi connectivity index (χ0n) is 16.2. The zero-order chi connectivity index (χ0) is 20.8. The van der Waals surface area contributed by atoms with Gasteiger partial charge in [-0.05, 0) is 61.1 Å². The number of rotatable bonds is 3. The highest BCUT2D eigenvalue weighted by atomic mass is 35.5. The number of carbonyl (C=O) groups excluding carboxylic acids is 1. The van der Waals surface area contributed by atoms with Gasteiger partial charge in [0.05, 0.1) is 10.2 Å². The van der Waals surface area contributed by atoms with Crippen LogP contribution in [0, 0.1) is 5.92 Å². The SMILES string of the molecule is CC1CCc2c(sc(NC(=O)c3cc(Cl)cc(Cl)c3)c2-c2nc3ccccc3s2)C1. The Bertz CT molecular complexity index is 1220. The summed E-state index contributed by atoms with van der Waals surface area (Å²) < 4.78 is 1.15. The maximum absolute atomic E-state index is 13.0. The van der Waals surface area contributed by atoms with Crippen LogP contribution in [-0.4, -0.2) is 10.9 Å². The minimum atomic E-state index is -0.214. The summed E-state index contributed by atoms with van der Waals surface area (Å²) in [6.45, 7) is 2.28. The third kappa shape index (κ3) is 3.76. The summed E-state index contributed by atoms with van der Waals surface area (Å²) in [5, 5.41) is 5.83. The Balaban J connectivity index is 1.60. The Hall–Kier alpha value is -1.92. The molecule has 1 N–H and O–H groups in total. The molecule has 2 heterocycles. The van der Waals surface area contributed by atoms with E-state index in [1.54, 1.807) is 40.9 Å². The van der Waals surface area contributed by atoms with Crippen molar-refractivity contribution in [1.82, 2.24) is 4.98 Å². The number of nitrogens with one attached hydrogen (secondary N) is 1. The molecule has 0 fully saturated rings. The minimum Gasteiger partial charge on any atom is -0.313 e. The highest BCUT2D eigenvalue weighted by Gasteiger charge is 2.27. The fourth-order valence-electron chi connectivity index (χ4n) is 3.90. The van der Waals surface area contributed by atoms with Crippen LogP contribution < -0.4 is 5.32 Å². The van der Waals surface area contributed by atoms with Crippen molar-refractivity contribution in [1.29, 1.82) is 0 Å². The molecule has 1 atom stereocenters. The van der Waals surface area contributed by atoms with Crippen LogP contribution in [0.4, 0.5) is 5.00 Å². The van der Waals surface area contributed by atoms with E-state index in [-0.39, 0.29) is 5.91 Å². The van der Waals surface area contributed by atoms with Crippen molar-refractivity contribution in [3.8, 4) is 10.6 Å². The Kier molecular flexibility index (Phi) is 5.31. The van der Waals surface area contributed by atoms with E-state index in [9.17, 15) is 4.79 Å². The average Bonchev–Trinajstić information content (AvgIpc) is 3.27. The van der Waals surface area contributed by atoms with E-state index in [1.807, 2.05) is 18.2 Å². The molecule has 0 bridgehead atoms. The van der Waals surface area contributed by atoms with E-state index < -0.39 is 0 Å². The summed E-state index contributed by atoms with van der Waals surface area (Å²) >= 11 is 15.5. The topological polar surface area (TPSA) is 42.0 Å². The van der Waals surface area contributed by atoms with Gasteiger partial charge in [-0.1, -0.05) is 42.3 Å². The molecule has 0 radical (unpaired) electrons. The number of amides is 1. The molecule has 0 aliphatic heterocycles. The molecule has 7 heteroatoms. The van der Waals surface area contributed by atoms with E-state index in [0.29, 0.717) is 21.5 Å². The van der Waals surface area contributed by atoms with Gasteiger partial charge in [0.25, 0.3) is 5.91 Å². The largest absolute Gasteiger partial charge is 0.313 e. The minimum absolute atomic E-state index is 0.214. The summed E-state index contributed by atoms with van der Waals surface area (Å²) in [5.41, 5.74) is 3.84. The van der Waals surface area contributed by atoms with E-state index >= 15 is 0 Å². The molecule has 1 amide bonds. The van der Waals surface area contributed by atoms with Crippen molar-refractivity contribution in [2.45, 2.75) is 26.2 Å². The predicted molar refractivity (Wildman–Crippen MR) is 129 cm³/mol. The van der Waals surface area contributed by atoms with Gasteiger partial charge in [-0.2, -0.15) is 0 Å². The molecule has 1 unspecified atom stereocenters. The molecule has 4 aromatic rings. The molecule has 3 nitrogen and oxygen atoms in total. The number of para-hydroxylation sites is 1. The first-order chi connectivity index (χ1) is 14.5. The summed E-state index contributed by atoms with van der Waals surface area (Å²) in [4.78, 5) is 19.2. The van der Waals surface area contributed by atoms with E-state index in [1.165, 1.54) is 10.4 Å². The molecule has 2 aromatic heterocycles. The number of hydrogen-bond donors (Lipinski definition) is 1. The molecule has 30 heavy (non-hydrogen) atoms. The molecule has 152 valence electrons. The molecule has 1 aliphatic carbocycles. The fraction of sp³-hybridized carbons (Fsp3) is 0.217. The molecule has 2 aromatic carbocycles. The summed E-state index contributed by atoms with van der Waals surface area (Å²) in [7, 11) is 0. The monoisotopic (exact) mass is 472 g/mol. The zero-order valence-corrected chi connectivity index (χ0v) is 19.3. The number of anilines is 1. The van der Waals surface area contributed by atoms with Gasteiger partial charge in [0.1, 0.15) is 10.0 Å². The maximum Gasteiger partial charge on any atom is 0.256 e. The fourth-order valence-corrected chi connectivity index (χ4v) is 6.95. The van der Waals surface area contributed by atoms with Gasteiger partial charge < -0.3 is 5.32 Å². The smallest absolute Gasteiger partial charge is 0.256 e. The van der Waals surface area contributed by atoms with Crippen LogP contribution in [0.15, 0.2) is 42.5 Å². The Morgan fingerprint density at radius 2 is 1.90 bits per heavy atom. The molecular weight excluding hydrogens is 455 g/mol. The van der Waals surface area contributed by atoms with Gasteiger partial charge >= 0.3 is 0 Å². The van der Waals surface area contributed by atoms with Crippen molar-refractivity contribution in [3.63, 3.8) is 0 Å². The molecule has 5 rings (SSSR count). The molecule has 0 spiro atoms. The second-order valence-corrected chi connectivity index (χ2v) is 10.7. The molecular formula is C23H18Cl2N2OS2. The first kappa shape index (κ1) is 20.0. The van der Waals surface area contributed by atoms with Gasteiger partial charge in [0.2, 0.25) is 0 Å². The number of fused-ring (bicyclic) bond motifs is 2. The molecule has 0 saturated heterocycles.